The largest absolute Gasteiger partial charge is 0.414 e. The molecular weight excluding hydrogens is 456 g/mol. The molecule has 1 fully saturated rings. The van der Waals surface area contributed by atoms with E-state index in [2.05, 4.69) is 33.9 Å². The molecule has 0 bridgehead atoms. The van der Waals surface area contributed by atoms with Crippen LogP contribution in [-0.2, 0) is 13.9 Å². The van der Waals surface area contributed by atoms with Crippen LogP contribution < -0.4 is 0 Å². The fourth-order valence-corrected chi connectivity index (χ4v) is 5.88. The second kappa shape index (κ2) is 10.5. The van der Waals surface area contributed by atoms with Crippen molar-refractivity contribution >= 4 is 26.2 Å². The lowest BCUT2D eigenvalue weighted by Crippen LogP contribution is -2.60. The zero-order valence-electron chi connectivity index (χ0n) is 20.8. The molecule has 1 heterocycles. The van der Waals surface area contributed by atoms with E-state index in [1.54, 1.807) is 6.08 Å². The molecule has 8 heteroatoms. The summed E-state index contributed by atoms with van der Waals surface area (Å²) in [6.45, 7) is 15.1. The first-order chi connectivity index (χ1) is 15.3. The third-order valence-electron chi connectivity index (χ3n) is 6.87. The number of aliphatic hydroxyl groups is 3. The van der Waals surface area contributed by atoms with E-state index in [0.717, 1.165) is 11.1 Å². The van der Waals surface area contributed by atoms with Gasteiger partial charge >= 0.3 is 0 Å². The number of hydrogen-bond donors (Lipinski definition) is 3. The average Bonchev–Trinajstić information content (AvgIpc) is 2.73. The highest BCUT2D eigenvalue weighted by molar-refractivity contribution is 8.00. The Morgan fingerprint density at radius 1 is 1.09 bits per heavy atom. The second-order valence-electron chi connectivity index (χ2n) is 10.8. The summed E-state index contributed by atoms with van der Waals surface area (Å²) < 4.78 is 18.7. The van der Waals surface area contributed by atoms with E-state index in [4.69, 9.17) is 13.9 Å². The average molecular weight is 497 g/mol. The molecule has 186 valence electrons. The highest BCUT2D eigenvalue weighted by atomic mass is 32.2. The normalized spacial score (nSPS) is 32.8. The van der Waals surface area contributed by atoms with Crippen molar-refractivity contribution in [3.05, 3.63) is 41.5 Å². The van der Waals surface area contributed by atoms with Crippen LogP contribution in [0.5, 0.6) is 0 Å². The molecule has 1 aliphatic carbocycles. The lowest BCUT2D eigenvalue weighted by Gasteiger charge is -2.45. The van der Waals surface area contributed by atoms with Crippen molar-refractivity contribution in [2.75, 3.05) is 6.61 Å². The molecule has 0 saturated carbocycles. The molecule has 0 spiro atoms. The lowest BCUT2D eigenvalue weighted by molar-refractivity contribution is -0.233. The van der Waals surface area contributed by atoms with Gasteiger partial charge in [-0.2, -0.15) is 0 Å². The van der Waals surface area contributed by atoms with E-state index in [1.165, 1.54) is 11.8 Å². The van der Waals surface area contributed by atoms with Crippen LogP contribution in [-0.4, -0.2) is 71.4 Å². The Kier molecular flexibility index (Phi) is 8.55. The summed E-state index contributed by atoms with van der Waals surface area (Å²) in [6, 6.07) is 7.60. The number of ether oxygens (including phenoxy) is 2. The van der Waals surface area contributed by atoms with Crippen molar-refractivity contribution in [1.82, 2.24) is 0 Å². The first-order valence-corrected chi connectivity index (χ1v) is 15.6. The van der Waals surface area contributed by atoms with Gasteiger partial charge in [0.1, 0.15) is 42.1 Å². The Hall–Kier alpha value is -0.713. The van der Waals surface area contributed by atoms with Gasteiger partial charge in [-0.1, -0.05) is 71.0 Å². The minimum atomic E-state index is -2.06. The Morgan fingerprint density at radius 3 is 2.39 bits per heavy atom. The SMILES string of the molecule is CC(C)S[C@@H]1O[C@H](CO[Si](C)(C)C(C)(C)C)[C@H](O)[C@H](O[C@@H]2C=Cc3ccccc3[C@H]2O)[C@H]1O. The summed E-state index contributed by atoms with van der Waals surface area (Å²) in [7, 11) is -2.06. The van der Waals surface area contributed by atoms with Crippen LogP contribution in [0, 0.1) is 0 Å². The van der Waals surface area contributed by atoms with Crippen molar-refractivity contribution in [1.29, 1.82) is 0 Å². The van der Waals surface area contributed by atoms with Crippen LogP contribution in [0.3, 0.4) is 0 Å². The van der Waals surface area contributed by atoms with Crippen LogP contribution in [0.1, 0.15) is 51.8 Å². The van der Waals surface area contributed by atoms with Crippen LogP contribution in [0.15, 0.2) is 30.3 Å². The van der Waals surface area contributed by atoms with Crippen LogP contribution in [0.2, 0.25) is 18.1 Å². The Morgan fingerprint density at radius 2 is 1.76 bits per heavy atom. The van der Waals surface area contributed by atoms with Crippen LogP contribution >= 0.6 is 11.8 Å². The molecule has 33 heavy (non-hydrogen) atoms. The third kappa shape index (κ3) is 6.11. The van der Waals surface area contributed by atoms with Gasteiger partial charge in [-0.05, 0) is 29.3 Å². The third-order valence-corrected chi connectivity index (χ3v) is 12.6. The van der Waals surface area contributed by atoms with Gasteiger partial charge in [0.25, 0.3) is 0 Å². The predicted octanol–water partition coefficient (Wildman–Crippen LogP) is 4.11. The van der Waals surface area contributed by atoms with Crippen molar-refractivity contribution < 1.29 is 29.2 Å². The minimum Gasteiger partial charge on any atom is -0.414 e. The van der Waals surface area contributed by atoms with Gasteiger partial charge in [0, 0.05) is 5.25 Å². The van der Waals surface area contributed by atoms with Crippen molar-refractivity contribution in [3.8, 4) is 0 Å². The number of aliphatic hydroxyl groups excluding tert-OH is 3. The van der Waals surface area contributed by atoms with E-state index in [0.29, 0.717) is 0 Å². The van der Waals surface area contributed by atoms with Crippen molar-refractivity contribution in [3.63, 3.8) is 0 Å². The topological polar surface area (TPSA) is 88.4 Å². The standard InChI is InChI=1S/C25H40O6SSi/c1-15(2)32-24-22(28)23(21(27)19(31-24)14-29-33(6,7)25(3,4)5)30-18-13-12-16-10-8-9-11-17(16)20(18)26/h8-13,15,18-24,26-28H,14H2,1-7H3/t18-,19-,20-,21+,22-,23+,24+/m1/s1. The molecule has 3 N–H and O–H groups in total. The van der Waals surface area contributed by atoms with Gasteiger partial charge in [0.2, 0.25) is 0 Å². The highest BCUT2D eigenvalue weighted by Gasteiger charge is 2.48. The maximum atomic E-state index is 11.2. The molecule has 6 nitrogen and oxygen atoms in total. The van der Waals surface area contributed by atoms with E-state index in [9.17, 15) is 15.3 Å². The van der Waals surface area contributed by atoms with Gasteiger partial charge in [-0.25, -0.2) is 0 Å². The molecule has 1 aromatic rings. The van der Waals surface area contributed by atoms with E-state index < -0.39 is 50.4 Å². The van der Waals surface area contributed by atoms with Gasteiger partial charge < -0.3 is 29.2 Å². The van der Waals surface area contributed by atoms with Gasteiger partial charge in [0.05, 0.1) is 6.61 Å². The molecule has 0 aromatic heterocycles. The summed E-state index contributed by atoms with van der Waals surface area (Å²) >= 11 is 1.50. The Bertz CT molecular complexity index is 823. The Balaban J connectivity index is 1.78. The molecule has 7 atom stereocenters. The van der Waals surface area contributed by atoms with E-state index in [-0.39, 0.29) is 16.9 Å². The molecule has 2 aliphatic rings. The van der Waals surface area contributed by atoms with Gasteiger partial charge in [-0.15, -0.1) is 11.8 Å². The zero-order chi connectivity index (χ0) is 24.6. The van der Waals surface area contributed by atoms with Crippen molar-refractivity contribution in [2.45, 2.75) is 100 Å². The van der Waals surface area contributed by atoms with E-state index in [1.807, 2.05) is 44.2 Å². The van der Waals surface area contributed by atoms with Crippen molar-refractivity contribution in [2.24, 2.45) is 0 Å². The molecule has 3 rings (SSSR count). The smallest absolute Gasteiger partial charge is 0.192 e. The van der Waals surface area contributed by atoms with Crippen LogP contribution in [0.4, 0.5) is 0 Å². The molecule has 1 aliphatic heterocycles. The van der Waals surface area contributed by atoms with Crippen LogP contribution in [0.25, 0.3) is 6.08 Å². The number of benzene rings is 1. The predicted molar refractivity (Wildman–Crippen MR) is 136 cm³/mol. The quantitative estimate of drug-likeness (QED) is 0.490. The first kappa shape index (κ1) is 26.9. The maximum absolute atomic E-state index is 11.2. The van der Waals surface area contributed by atoms with E-state index >= 15 is 0 Å². The first-order valence-electron chi connectivity index (χ1n) is 11.7. The molecule has 0 unspecified atom stereocenters. The zero-order valence-corrected chi connectivity index (χ0v) is 22.6. The molecule has 0 amide bonds. The molecule has 1 saturated heterocycles. The Labute approximate surface area is 203 Å². The monoisotopic (exact) mass is 496 g/mol. The number of hydrogen-bond acceptors (Lipinski definition) is 7. The lowest BCUT2D eigenvalue weighted by atomic mass is 9.92. The summed E-state index contributed by atoms with van der Waals surface area (Å²) in [5.41, 5.74) is 1.14. The summed E-state index contributed by atoms with van der Waals surface area (Å²) in [5.74, 6) is 0. The summed E-state index contributed by atoms with van der Waals surface area (Å²) in [6.07, 6.45) is -1.57. The van der Waals surface area contributed by atoms with Gasteiger partial charge in [0.15, 0.2) is 8.32 Å². The molecular formula is C25H40O6SSi. The van der Waals surface area contributed by atoms with Gasteiger partial charge in [-0.3, -0.25) is 0 Å². The highest BCUT2D eigenvalue weighted by Crippen LogP contribution is 2.39. The number of rotatable bonds is 7. The fourth-order valence-electron chi connectivity index (χ4n) is 3.80. The number of fused-ring (bicyclic) bond motifs is 1. The second-order valence-corrected chi connectivity index (χ2v) is 17.3. The maximum Gasteiger partial charge on any atom is 0.192 e. The summed E-state index contributed by atoms with van der Waals surface area (Å²) in [5, 5.41) is 33.4. The minimum absolute atomic E-state index is 0.0263. The summed E-state index contributed by atoms with van der Waals surface area (Å²) in [4.78, 5) is 0. The molecule has 1 aromatic carbocycles. The fraction of sp³-hybridized carbons (Fsp3) is 0.680. The molecule has 0 radical (unpaired) electrons. The number of thioether (sulfide) groups is 1.